The van der Waals surface area contributed by atoms with Crippen molar-refractivity contribution < 1.29 is 14.3 Å². The highest BCUT2D eigenvalue weighted by Crippen LogP contribution is 2.43. The lowest BCUT2D eigenvalue weighted by atomic mass is 10.0. The highest BCUT2D eigenvalue weighted by molar-refractivity contribution is 8.00. The van der Waals surface area contributed by atoms with Crippen molar-refractivity contribution in [1.82, 2.24) is 19.7 Å². The second kappa shape index (κ2) is 7.92. The highest BCUT2D eigenvalue weighted by Gasteiger charge is 2.31. The lowest BCUT2D eigenvalue weighted by Gasteiger charge is -2.16. The van der Waals surface area contributed by atoms with E-state index in [2.05, 4.69) is 20.4 Å². The van der Waals surface area contributed by atoms with Crippen molar-refractivity contribution in [1.29, 1.82) is 0 Å². The topological polar surface area (TPSA) is 125 Å². The number of carbonyl (C=O) groups is 2. The number of nitrogens with one attached hydrogen (secondary N) is 1. The van der Waals surface area contributed by atoms with E-state index in [1.807, 2.05) is 19.1 Å². The first-order valence-electron chi connectivity index (χ1n) is 8.82. The normalized spacial score (nSPS) is 15.9. The Morgan fingerprint density at radius 2 is 2.03 bits per heavy atom. The van der Waals surface area contributed by atoms with Crippen LogP contribution in [0.15, 0.2) is 42.7 Å². The van der Waals surface area contributed by atoms with Crippen LogP contribution in [0.3, 0.4) is 0 Å². The Kier molecular flexibility index (Phi) is 5.17. The fourth-order valence-corrected chi connectivity index (χ4v) is 4.27. The predicted octanol–water partition coefficient (Wildman–Crippen LogP) is 1.61. The molecule has 1 atom stereocenters. The lowest BCUT2D eigenvalue weighted by Crippen LogP contribution is -2.19. The number of anilines is 1. The van der Waals surface area contributed by atoms with Crippen molar-refractivity contribution in [2.75, 3.05) is 17.7 Å². The van der Waals surface area contributed by atoms with Crippen LogP contribution in [-0.4, -0.2) is 43.9 Å². The number of aromatic nitrogens is 4. The molecule has 1 unspecified atom stereocenters. The molecule has 2 amide bonds. The molecule has 3 aromatic rings. The molecule has 3 N–H and O–H groups in total. The zero-order valence-electron chi connectivity index (χ0n) is 15.5. The maximum absolute atomic E-state index is 12.3. The summed E-state index contributed by atoms with van der Waals surface area (Å²) in [5.74, 6) is 1.16. The van der Waals surface area contributed by atoms with Gasteiger partial charge < -0.3 is 15.8 Å². The number of ether oxygens (including phenoxy) is 1. The van der Waals surface area contributed by atoms with E-state index in [-0.39, 0.29) is 17.8 Å². The smallest absolute Gasteiger partial charge is 0.255 e. The van der Waals surface area contributed by atoms with Gasteiger partial charge in [-0.05, 0) is 30.7 Å². The summed E-state index contributed by atoms with van der Waals surface area (Å²) < 4.78 is 6.89. The first-order chi connectivity index (χ1) is 14.0. The van der Waals surface area contributed by atoms with E-state index >= 15 is 0 Å². The SMILES string of the molecule is Cc1nn(-c2ncccn2)c2c1C(c1ccc(OCC(N)=O)cc1)SCC(=O)N2. The van der Waals surface area contributed by atoms with E-state index in [0.717, 1.165) is 16.8 Å². The van der Waals surface area contributed by atoms with Crippen LogP contribution in [0, 0.1) is 6.92 Å². The van der Waals surface area contributed by atoms with Crippen LogP contribution in [0.5, 0.6) is 5.75 Å². The Labute approximate surface area is 170 Å². The maximum atomic E-state index is 12.3. The molecule has 0 aliphatic carbocycles. The van der Waals surface area contributed by atoms with Crippen molar-refractivity contribution in [2.24, 2.45) is 5.73 Å². The van der Waals surface area contributed by atoms with Gasteiger partial charge in [-0.2, -0.15) is 9.78 Å². The summed E-state index contributed by atoms with van der Waals surface area (Å²) in [5.41, 5.74) is 7.77. The summed E-state index contributed by atoms with van der Waals surface area (Å²) in [7, 11) is 0. The zero-order chi connectivity index (χ0) is 20.4. The van der Waals surface area contributed by atoms with E-state index < -0.39 is 5.91 Å². The number of benzene rings is 1. The summed E-state index contributed by atoms with van der Waals surface area (Å²) in [4.78, 5) is 31.7. The van der Waals surface area contributed by atoms with E-state index in [1.165, 1.54) is 11.8 Å². The second-order valence-electron chi connectivity index (χ2n) is 6.37. The molecule has 9 nitrogen and oxygen atoms in total. The minimum atomic E-state index is -0.534. The number of rotatable bonds is 5. The van der Waals surface area contributed by atoms with Crippen LogP contribution < -0.4 is 15.8 Å². The van der Waals surface area contributed by atoms with Crippen LogP contribution >= 0.6 is 11.8 Å². The van der Waals surface area contributed by atoms with E-state index in [1.54, 1.807) is 35.3 Å². The van der Waals surface area contributed by atoms with Gasteiger partial charge in [0, 0.05) is 18.0 Å². The summed E-state index contributed by atoms with van der Waals surface area (Å²) in [5, 5.41) is 7.39. The molecule has 1 aromatic carbocycles. The number of carbonyl (C=O) groups excluding carboxylic acids is 2. The summed E-state index contributed by atoms with van der Waals surface area (Å²) in [6.45, 7) is 1.72. The van der Waals surface area contributed by atoms with E-state index in [4.69, 9.17) is 10.5 Å². The maximum Gasteiger partial charge on any atom is 0.255 e. The van der Waals surface area contributed by atoms with Crippen LogP contribution in [0.4, 0.5) is 5.82 Å². The highest BCUT2D eigenvalue weighted by atomic mass is 32.2. The van der Waals surface area contributed by atoms with Gasteiger partial charge in [-0.1, -0.05) is 12.1 Å². The molecule has 2 aromatic heterocycles. The van der Waals surface area contributed by atoms with Crippen molar-refractivity contribution in [2.45, 2.75) is 12.2 Å². The lowest BCUT2D eigenvalue weighted by molar-refractivity contribution is -0.120. The number of amides is 2. The summed E-state index contributed by atoms with van der Waals surface area (Å²) >= 11 is 1.51. The Bertz CT molecular complexity index is 1050. The monoisotopic (exact) mass is 410 g/mol. The van der Waals surface area contributed by atoms with Crippen LogP contribution in [0.2, 0.25) is 0 Å². The third-order valence-corrected chi connectivity index (χ3v) is 5.58. The molecule has 0 saturated carbocycles. The first kappa shape index (κ1) is 18.9. The standard InChI is InChI=1S/C19H18N6O3S/c1-11-16-17(12-3-5-13(6-4-12)28-9-14(20)26)29-10-15(27)23-18(16)25(24-11)19-21-7-2-8-22-19/h2-8,17H,9-10H2,1H3,(H2,20,26)(H,23,27). The van der Waals surface area contributed by atoms with Gasteiger partial charge in [-0.25, -0.2) is 9.97 Å². The Hall–Kier alpha value is -3.40. The number of primary amides is 1. The van der Waals surface area contributed by atoms with Crippen LogP contribution in [0.1, 0.15) is 22.1 Å². The summed E-state index contributed by atoms with van der Waals surface area (Å²) in [6, 6.07) is 9.09. The van der Waals surface area contributed by atoms with Gasteiger partial charge in [-0.15, -0.1) is 11.8 Å². The number of aryl methyl sites for hydroxylation is 1. The Morgan fingerprint density at radius 1 is 1.31 bits per heavy atom. The zero-order valence-corrected chi connectivity index (χ0v) is 16.3. The van der Waals surface area contributed by atoms with E-state index in [0.29, 0.717) is 23.3 Å². The largest absolute Gasteiger partial charge is 0.484 e. The number of hydrogen-bond acceptors (Lipinski definition) is 7. The third kappa shape index (κ3) is 3.92. The molecule has 148 valence electrons. The van der Waals surface area contributed by atoms with Gasteiger partial charge in [0.15, 0.2) is 6.61 Å². The van der Waals surface area contributed by atoms with Gasteiger partial charge >= 0.3 is 0 Å². The molecular weight excluding hydrogens is 392 g/mol. The second-order valence-corrected chi connectivity index (χ2v) is 7.46. The first-order valence-corrected chi connectivity index (χ1v) is 9.87. The van der Waals surface area contributed by atoms with Crippen LogP contribution in [-0.2, 0) is 9.59 Å². The molecule has 0 bridgehead atoms. The molecule has 4 rings (SSSR count). The van der Waals surface area contributed by atoms with Gasteiger partial charge in [0.2, 0.25) is 5.91 Å². The fraction of sp³-hybridized carbons (Fsp3) is 0.211. The number of thioether (sulfide) groups is 1. The third-order valence-electron chi connectivity index (χ3n) is 4.31. The van der Waals surface area contributed by atoms with Gasteiger partial charge in [-0.3, -0.25) is 9.59 Å². The van der Waals surface area contributed by atoms with Gasteiger partial charge in [0.05, 0.1) is 16.7 Å². The number of nitrogens with zero attached hydrogens (tertiary/aromatic N) is 4. The number of hydrogen-bond donors (Lipinski definition) is 2. The average Bonchev–Trinajstić information content (AvgIpc) is 2.93. The quantitative estimate of drug-likeness (QED) is 0.654. The molecular formula is C19H18N6O3S. The fourth-order valence-electron chi connectivity index (χ4n) is 3.09. The van der Waals surface area contributed by atoms with Crippen molar-refractivity contribution in [3.05, 3.63) is 59.5 Å². The number of fused-ring (bicyclic) bond motifs is 1. The van der Waals surface area contributed by atoms with Gasteiger partial charge in [0.25, 0.3) is 11.9 Å². The minimum Gasteiger partial charge on any atom is -0.484 e. The minimum absolute atomic E-state index is 0.114. The van der Waals surface area contributed by atoms with Crippen molar-refractivity contribution in [3.63, 3.8) is 0 Å². The molecule has 1 aliphatic rings. The Morgan fingerprint density at radius 3 is 2.72 bits per heavy atom. The average molecular weight is 410 g/mol. The van der Waals surface area contributed by atoms with Crippen LogP contribution in [0.25, 0.3) is 5.95 Å². The molecule has 0 radical (unpaired) electrons. The van der Waals surface area contributed by atoms with Crippen molar-refractivity contribution in [3.8, 4) is 11.7 Å². The molecule has 29 heavy (non-hydrogen) atoms. The molecule has 0 fully saturated rings. The molecule has 1 aliphatic heterocycles. The molecule has 0 spiro atoms. The van der Waals surface area contributed by atoms with E-state index in [9.17, 15) is 9.59 Å². The van der Waals surface area contributed by atoms with Crippen molar-refractivity contribution >= 4 is 29.4 Å². The molecule has 10 heteroatoms. The number of nitrogens with two attached hydrogens (primary N) is 1. The molecule has 3 heterocycles. The van der Waals surface area contributed by atoms with Gasteiger partial charge in [0.1, 0.15) is 11.6 Å². The molecule has 0 saturated heterocycles. The Balaban J connectivity index is 1.73. The summed E-state index contributed by atoms with van der Waals surface area (Å²) in [6.07, 6.45) is 3.25. The predicted molar refractivity (Wildman–Crippen MR) is 108 cm³/mol.